The highest BCUT2D eigenvalue weighted by Gasteiger charge is 2.31. The number of sulfonamides is 1. The zero-order chi connectivity index (χ0) is 21.8. The molecule has 0 heterocycles. The SMILES string of the molecule is CCOc1ccc(S(=O)(=O)N[C@@H](C)C(=O)Nc2cc(C(F)(F)F)ccc2Cl)cc1. The summed E-state index contributed by atoms with van der Waals surface area (Å²) in [6.07, 6.45) is -4.62. The Kier molecular flexibility index (Phi) is 7.15. The van der Waals surface area contributed by atoms with Gasteiger partial charge >= 0.3 is 6.18 Å². The number of anilines is 1. The summed E-state index contributed by atoms with van der Waals surface area (Å²) in [7, 11) is -4.05. The third kappa shape index (κ3) is 6.09. The van der Waals surface area contributed by atoms with Gasteiger partial charge in [-0.1, -0.05) is 11.6 Å². The van der Waals surface area contributed by atoms with Crippen LogP contribution in [0.4, 0.5) is 18.9 Å². The van der Waals surface area contributed by atoms with E-state index in [1.165, 1.54) is 31.2 Å². The molecule has 0 bridgehead atoms. The van der Waals surface area contributed by atoms with Crippen LogP contribution < -0.4 is 14.8 Å². The lowest BCUT2D eigenvalue weighted by atomic mass is 10.2. The fourth-order valence-corrected chi connectivity index (χ4v) is 3.64. The van der Waals surface area contributed by atoms with Crippen LogP contribution in [-0.2, 0) is 21.0 Å². The number of nitrogens with one attached hydrogen (secondary N) is 2. The first-order valence-corrected chi connectivity index (χ1v) is 10.2. The van der Waals surface area contributed by atoms with Gasteiger partial charge in [0, 0.05) is 0 Å². The maximum atomic E-state index is 12.8. The number of hydrogen-bond acceptors (Lipinski definition) is 4. The highest BCUT2D eigenvalue weighted by molar-refractivity contribution is 7.89. The van der Waals surface area contributed by atoms with Crippen molar-refractivity contribution in [2.75, 3.05) is 11.9 Å². The van der Waals surface area contributed by atoms with Gasteiger partial charge in [0.05, 0.1) is 33.8 Å². The molecule has 1 atom stereocenters. The van der Waals surface area contributed by atoms with Crippen molar-refractivity contribution in [3.8, 4) is 5.75 Å². The molecule has 2 rings (SSSR count). The van der Waals surface area contributed by atoms with E-state index in [-0.39, 0.29) is 15.6 Å². The number of rotatable bonds is 7. The minimum Gasteiger partial charge on any atom is -0.494 e. The number of halogens is 4. The summed E-state index contributed by atoms with van der Waals surface area (Å²) in [5.74, 6) is -0.392. The topological polar surface area (TPSA) is 84.5 Å². The first-order chi connectivity index (χ1) is 13.4. The molecule has 0 radical (unpaired) electrons. The number of benzene rings is 2. The summed E-state index contributed by atoms with van der Waals surface area (Å²) in [5, 5.41) is 2.09. The zero-order valence-electron chi connectivity index (χ0n) is 15.4. The number of ether oxygens (including phenoxy) is 1. The lowest BCUT2D eigenvalue weighted by Gasteiger charge is -2.16. The molecule has 1 amide bonds. The molecule has 0 aromatic heterocycles. The van der Waals surface area contributed by atoms with E-state index in [2.05, 4.69) is 10.0 Å². The van der Waals surface area contributed by atoms with Crippen LogP contribution in [-0.4, -0.2) is 27.0 Å². The smallest absolute Gasteiger partial charge is 0.416 e. The minimum absolute atomic E-state index is 0.0993. The summed E-state index contributed by atoms with van der Waals surface area (Å²) in [5.41, 5.74) is -1.28. The van der Waals surface area contributed by atoms with Gasteiger partial charge in [-0.05, 0) is 56.3 Å². The molecule has 2 aromatic carbocycles. The largest absolute Gasteiger partial charge is 0.494 e. The second kappa shape index (κ2) is 9.02. The van der Waals surface area contributed by atoms with Gasteiger partial charge in [-0.2, -0.15) is 17.9 Å². The van der Waals surface area contributed by atoms with Gasteiger partial charge in [-0.3, -0.25) is 4.79 Å². The quantitative estimate of drug-likeness (QED) is 0.666. The normalized spacial score (nSPS) is 13.0. The van der Waals surface area contributed by atoms with Crippen LogP contribution in [0.1, 0.15) is 19.4 Å². The Morgan fingerprint density at radius 1 is 1.17 bits per heavy atom. The van der Waals surface area contributed by atoms with E-state index in [0.29, 0.717) is 18.4 Å². The summed E-state index contributed by atoms with van der Waals surface area (Å²) >= 11 is 5.83. The molecule has 0 fully saturated rings. The molecule has 158 valence electrons. The van der Waals surface area contributed by atoms with Crippen LogP contribution >= 0.6 is 11.6 Å². The van der Waals surface area contributed by atoms with E-state index in [4.69, 9.17) is 16.3 Å². The summed E-state index contributed by atoms with van der Waals surface area (Å²) in [6, 6.07) is 6.70. The van der Waals surface area contributed by atoms with E-state index in [1.54, 1.807) is 6.92 Å². The van der Waals surface area contributed by atoms with Gasteiger partial charge in [0.2, 0.25) is 15.9 Å². The fourth-order valence-electron chi connectivity index (χ4n) is 2.27. The molecule has 0 aliphatic heterocycles. The molecule has 29 heavy (non-hydrogen) atoms. The third-order valence-corrected chi connectivity index (χ3v) is 5.61. The predicted octanol–water partition coefficient (Wildman–Crippen LogP) is 4.06. The molecule has 6 nitrogen and oxygen atoms in total. The van der Waals surface area contributed by atoms with E-state index < -0.39 is 33.7 Å². The summed E-state index contributed by atoms with van der Waals surface area (Å²) in [6.45, 7) is 3.45. The number of carbonyl (C=O) groups excluding carboxylic acids is 1. The van der Waals surface area contributed by atoms with E-state index in [1.807, 2.05) is 0 Å². The van der Waals surface area contributed by atoms with Crippen LogP contribution in [0.5, 0.6) is 5.75 Å². The van der Waals surface area contributed by atoms with Crippen molar-refractivity contribution in [2.24, 2.45) is 0 Å². The molecule has 0 spiro atoms. The third-order valence-electron chi connectivity index (χ3n) is 3.72. The van der Waals surface area contributed by atoms with Crippen molar-refractivity contribution in [1.82, 2.24) is 4.72 Å². The Hall–Kier alpha value is -2.30. The van der Waals surface area contributed by atoms with E-state index in [0.717, 1.165) is 12.1 Å². The maximum absolute atomic E-state index is 12.8. The molecule has 0 unspecified atom stereocenters. The lowest BCUT2D eigenvalue weighted by Crippen LogP contribution is -2.41. The van der Waals surface area contributed by atoms with Gasteiger partial charge in [-0.25, -0.2) is 8.42 Å². The van der Waals surface area contributed by atoms with Crippen LogP contribution in [0.15, 0.2) is 47.4 Å². The van der Waals surface area contributed by atoms with Gasteiger partial charge in [0.15, 0.2) is 0 Å². The Bertz CT molecular complexity index is 980. The van der Waals surface area contributed by atoms with Crippen LogP contribution in [0, 0.1) is 0 Å². The van der Waals surface area contributed by atoms with Gasteiger partial charge < -0.3 is 10.1 Å². The minimum atomic E-state index is -4.62. The van der Waals surface area contributed by atoms with Crippen molar-refractivity contribution in [3.05, 3.63) is 53.1 Å². The van der Waals surface area contributed by atoms with Crippen molar-refractivity contribution in [3.63, 3.8) is 0 Å². The first-order valence-electron chi connectivity index (χ1n) is 8.37. The average Bonchev–Trinajstić information content (AvgIpc) is 2.63. The first kappa shape index (κ1) is 23.0. The molecule has 2 N–H and O–H groups in total. The molecular weight excluding hydrogens is 433 g/mol. The lowest BCUT2D eigenvalue weighted by molar-refractivity contribution is -0.137. The Morgan fingerprint density at radius 3 is 2.34 bits per heavy atom. The number of amides is 1. The monoisotopic (exact) mass is 450 g/mol. The predicted molar refractivity (Wildman–Crippen MR) is 102 cm³/mol. The summed E-state index contributed by atoms with van der Waals surface area (Å²) < 4.78 is 70.7. The molecular formula is C18H18ClF3N2O4S. The Morgan fingerprint density at radius 2 is 1.79 bits per heavy atom. The fraction of sp³-hybridized carbons (Fsp3) is 0.278. The Labute approximate surface area is 171 Å². The second-order valence-electron chi connectivity index (χ2n) is 5.93. The van der Waals surface area contributed by atoms with Gasteiger partial charge in [-0.15, -0.1) is 0 Å². The van der Waals surface area contributed by atoms with Crippen molar-refractivity contribution in [2.45, 2.75) is 31.0 Å². The van der Waals surface area contributed by atoms with E-state index in [9.17, 15) is 26.4 Å². The zero-order valence-corrected chi connectivity index (χ0v) is 17.0. The van der Waals surface area contributed by atoms with Gasteiger partial charge in [0.25, 0.3) is 0 Å². The van der Waals surface area contributed by atoms with Crippen LogP contribution in [0.25, 0.3) is 0 Å². The van der Waals surface area contributed by atoms with Crippen LogP contribution in [0.2, 0.25) is 5.02 Å². The van der Waals surface area contributed by atoms with E-state index >= 15 is 0 Å². The average molecular weight is 451 g/mol. The standard InChI is InChI=1S/C18H18ClF3N2O4S/c1-3-28-13-5-7-14(8-6-13)29(26,27)24-11(2)17(25)23-16-10-12(18(20,21)22)4-9-15(16)19/h4-11,24H,3H2,1-2H3,(H,23,25)/t11-/m0/s1. The van der Waals surface area contributed by atoms with Crippen molar-refractivity contribution < 1.29 is 31.1 Å². The number of carbonyl (C=O) groups is 1. The molecule has 0 saturated heterocycles. The molecule has 0 aliphatic carbocycles. The Balaban J connectivity index is 2.12. The highest BCUT2D eigenvalue weighted by Crippen LogP contribution is 2.33. The van der Waals surface area contributed by atoms with Crippen molar-refractivity contribution >= 4 is 33.2 Å². The molecule has 11 heteroatoms. The number of hydrogen-bond donors (Lipinski definition) is 2. The molecule has 0 aliphatic rings. The number of alkyl halides is 3. The van der Waals surface area contributed by atoms with Gasteiger partial charge in [0.1, 0.15) is 5.75 Å². The molecule has 2 aromatic rings. The highest BCUT2D eigenvalue weighted by atomic mass is 35.5. The summed E-state index contributed by atoms with van der Waals surface area (Å²) in [4.78, 5) is 12.2. The maximum Gasteiger partial charge on any atom is 0.416 e. The van der Waals surface area contributed by atoms with Crippen LogP contribution in [0.3, 0.4) is 0 Å². The second-order valence-corrected chi connectivity index (χ2v) is 8.05. The molecule has 0 saturated carbocycles. The van der Waals surface area contributed by atoms with Crippen molar-refractivity contribution in [1.29, 1.82) is 0 Å².